The van der Waals surface area contributed by atoms with E-state index in [2.05, 4.69) is 16.3 Å². The Morgan fingerprint density at radius 2 is 1.76 bits per heavy atom. The largest absolute Gasteiger partial charge is 0.322 e. The Morgan fingerprint density at radius 3 is 2.24 bits per heavy atom. The third kappa shape index (κ3) is 1.41. The number of nitrogens with zero attached hydrogens (tertiary/aromatic N) is 1. The second kappa shape index (κ2) is 3.35. The van der Waals surface area contributed by atoms with E-state index in [4.69, 9.17) is 5.73 Å². The lowest BCUT2D eigenvalue weighted by Crippen LogP contribution is -2.50. The minimum Gasteiger partial charge on any atom is -0.322 e. The molecular weight excluding hydrogens is 210 g/mol. The zero-order chi connectivity index (χ0) is 11.5. The van der Waals surface area contributed by atoms with Crippen LogP contribution >= 0.6 is 0 Å². The number of aromatic amines is 1. The number of aromatic nitrogens is 2. The van der Waals surface area contributed by atoms with Gasteiger partial charge < -0.3 is 5.73 Å². The first-order valence-electron chi connectivity index (χ1n) is 7.00. The van der Waals surface area contributed by atoms with E-state index in [0.29, 0.717) is 5.41 Å². The van der Waals surface area contributed by atoms with Crippen LogP contribution in [0.3, 0.4) is 0 Å². The molecule has 1 unspecified atom stereocenters. The molecule has 1 aromatic rings. The zero-order valence-corrected chi connectivity index (χ0v) is 10.2. The molecule has 4 saturated carbocycles. The van der Waals surface area contributed by atoms with Crippen LogP contribution in [0.5, 0.6) is 0 Å². The molecule has 1 heterocycles. The van der Waals surface area contributed by atoms with Crippen LogP contribution in [-0.2, 0) is 0 Å². The van der Waals surface area contributed by atoms with E-state index in [1.165, 1.54) is 38.5 Å². The molecule has 5 rings (SSSR count). The molecule has 4 bridgehead atoms. The van der Waals surface area contributed by atoms with Gasteiger partial charge in [-0.15, -0.1) is 0 Å². The Balaban J connectivity index is 1.68. The molecule has 3 heteroatoms. The summed E-state index contributed by atoms with van der Waals surface area (Å²) in [6.45, 7) is 0. The molecule has 0 spiro atoms. The summed E-state index contributed by atoms with van der Waals surface area (Å²) in [5, 5.41) is 7.15. The summed E-state index contributed by atoms with van der Waals surface area (Å²) in [7, 11) is 0. The Hall–Kier alpha value is -0.830. The molecule has 3 nitrogen and oxygen atoms in total. The maximum absolute atomic E-state index is 6.57. The van der Waals surface area contributed by atoms with Crippen molar-refractivity contribution in [3.8, 4) is 0 Å². The first-order valence-corrected chi connectivity index (χ1v) is 7.00. The Kier molecular flexibility index (Phi) is 1.99. The van der Waals surface area contributed by atoms with Crippen LogP contribution in [-0.4, -0.2) is 10.2 Å². The van der Waals surface area contributed by atoms with Crippen molar-refractivity contribution in [2.75, 3.05) is 0 Å². The van der Waals surface area contributed by atoms with Crippen molar-refractivity contribution >= 4 is 0 Å². The van der Waals surface area contributed by atoms with E-state index >= 15 is 0 Å². The molecule has 1 atom stereocenters. The van der Waals surface area contributed by atoms with Crippen molar-refractivity contribution in [3.63, 3.8) is 0 Å². The number of H-pyrrole nitrogens is 1. The van der Waals surface area contributed by atoms with Crippen molar-refractivity contribution in [2.45, 2.75) is 44.6 Å². The van der Waals surface area contributed by atoms with E-state index in [1.807, 2.05) is 6.20 Å². The maximum atomic E-state index is 6.57. The van der Waals surface area contributed by atoms with Crippen LogP contribution in [0.4, 0.5) is 0 Å². The van der Waals surface area contributed by atoms with E-state index in [9.17, 15) is 0 Å². The van der Waals surface area contributed by atoms with Gasteiger partial charge in [-0.25, -0.2) is 0 Å². The van der Waals surface area contributed by atoms with Crippen molar-refractivity contribution in [1.29, 1.82) is 0 Å². The van der Waals surface area contributed by atoms with Crippen LogP contribution in [0.1, 0.15) is 50.3 Å². The molecule has 17 heavy (non-hydrogen) atoms. The summed E-state index contributed by atoms with van der Waals surface area (Å²) >= 11 is 0. The van der Waals surface area contributed by atoms with E-state index < -0.39 is 0 Å². The first kappa shape index (κ1) is 10.1. The highest BCUT2D eigenvalue weighted by molar-refractivity contribution is 5.14. The third-order valence-corrected chi connectivity index (χ3v) is 5.60. The number of nitrogens with one attached hydrogen (secondary N) is 1. The lowest BCUT2D eigenvalue weighted by atomic mass is 9.47. The van der Waals surface area contributed by atoms with Gasteiger partial charge in [0.05, 0.1) is 11.7 Å². The number of rotatable bonds is 2. The van der Waals surface area contributed by atoms with E-state index in [0.717, 1.165) is 23.4 Å². The highest BCUT2D eigenvalue weighted by Crippen LogP contribution is 2.63. The SMILES string of the molecule is NC(c1ccn[nH]1)C12CC3CC(CC(C3)C1)C2. The first-order chi connectivity index (χ1) is 8.25. The molecule has 0 amide bonds. The number of hydrogen-bond acceptors (Lipinski definition) is 2. The van der Waals surface area contributed by atoms with Gasteiger partial charge in [-0.1, -0.05) is 0 Å². The average Bonchev–Trinajstić information content (AvgIpc) is 2.79. The van der Waals surface area contributed by atoms with Gasteiger partial charge in [0.2, 0.25) is 0 Å². The summed E-state index contributed by atoms with van der Waals surface area (Å²) in [6, 6.07) is 2.24. The molecule has 0 aliphatic heterocycles. The van der Waals surface area contributed by atoms with Crippen LogP contribution < -0.4 is 5.73 Å². The molecule has 4 aliphatic rings. The highest BCUT2D eigenvalue weighted by atomic mass is 15.1. The standard InChI is InChI=1S/C14H21N3/c15-13(12-1-2-16-17-12)14-6-9-3-10(7-14)5-11(4-9)8-14/h1-2,9-11,13H,3-8,15H2,(H,16,17). The van der Waals surface area contributed by atoms with Crippen molar-refractivity contribution < 1.29 is 0 Å². The molecule has 92 valence electrons. The number of hydrogen-bond donors (Lipinski definition) is 2. The van der Waals surface area contributed by atoms with Gasteiger partial charge in [-0.2, -0.15) is 5.10 Å². The van der Waals surface area contributed by atoms with Gasteiger partial charge in [0.1, 0.15) is 0 Å². The fourth-order valence-electron chi connectivity index (χ4n) is 5.33. The lowest BCUT2D eigenvalue weighted by molar-refractivity contribution is -0.0684. The minimum atomic E-state index is 0.179. The van der Waals surface area contributed by atoms with Gasteiger partial charge >= 0.3 is 0 Å². The Bertz CT molecular complexity index is 374. The second-order valence-electron chi connectivity index (χ2n) is 6.77. The number of nitrogens with two attached hydrogens (primary N) is 1. The minimum absolute atomic E-state index is 0.179. The lowest BCUT2D eigenvalue weighted by Gasteiger charge is -2.58. The van der Waals surface area contributed by atoms with E-state index in [1.54, 1.807) is 0 Å². The molecule has 4 fully saturated rings. The molecule has 0 saturated heterocycles. The van der Waals surface area contributed by atoms with Crippen molar-refractivity contribution in [3.05, 3.63) is 18.0 Å². The summed E-state index contributed by atoms with van der Waals surface area (Å²) in [5.41, 5.74) is 8.10. The van der Waals surface area contributed by atoms with Crippen LogP contribution in [0.25, 0.3) is 0 Å². The van der Waals surface area contributed by atoms with Crippen molar-refractivity contribution in [2.24, 2.45) is 28.9 Å². The summed E-state index contributed by atoms with van der Waals surface area (Å²) in [4.78, 5) is 0. The molecule has 1 aromatic heterocycles. The predicted molar refractivity (Wildman–Crippen MR) is 66.1 cm³/mol. The monoisotopic (exact) mass is 231 g/mol. The molecule has 4 aliphatic carbocycles. The highest BCUT2D eigenvalue weighted by Gasteiger charge is 2.53. The molecule has 0 radical (unpaired) electrons. The van der Waals surface area contributed by atoms with Crippen LogP contribution in [0.2, 0.25) is 0 Å². The van der Waals surface area contributed by atoms with Crippen LogP contribution in [0.15, 0.2) is 12.3 Å². The zero-order valence-electron chi connectivity index (χ0n) is 10.2. The van der Waals surface area contributed by atoms with Gasteiger partial charge in [-0.3, -0.25) is 5.10 Å². The van der Waals surface area contributed by atoms with Gasteiger partial charge in [0.25, 0.3) is 0 Å². The average molecular weight is 231 g/mol. The summed E-state index contributed by atoms with van der Waals surface area (Å²) < 4.78 is 0. The van der Waals surface area contributed by atoms with Crippen molar-refractivity contribution in [1.82, 2.24) is 10.2 Å². The predicted octanol–water partition coefficient (Wildman–Crippen LogP) is 2.63. The van der Waals surface area contributed by atoms with Crippen LogP contribution in [0, 0.1) is 23.2 Å². The van der Waals surface area contributed by atoms with Gasteiger partial charge in [0, 0.05) is 6.20 Å². The molecule has 0 aromatic carbocycles. The Labute approximate surface area is 102 Å². The topological polar surface area (TPSA) is 54.7 Å². The summed E-state index contributed by atoms with van der Waals surface area (Å²) in [5.74, 6) is 2.90. The maximum Gasteiger partial charge on any atom is 0.0525 e. The van der Waals surface area contributed by atoms with Gasteiger partial charge in [0.15, 0.2) is 0 Å². The molecular formula is C14H21N3. The third-order valence-electron chi connectivity index (χ3n) is 5.60. The smallest absolute Gasteiger partial charge is 0.0525 e. The fraction of sp³-hybridized carbons (Fsp3) is 0.786. The van der Waals surface area contributed by atoms with E-state index in [-0.39, 0.29) is 6.04 Å². The Morgan fingerprint density at radius 1 is 1.18 bits per heavy atom. The normalized spacial score (nSPS) is 45.1. The second-order valence-corrected chi connectivity index (χ2v) is 6.77. The fourth-order valence-corrected chi connectivity index (χ4v) is 5.33. The molecule has 3 N–H and O–H groups in total. The van der Waals surface area contributed by atoms with Gasteiger partial charge in [-0.05, 0) is 67.8 Å². The quantitative estimate of drug-likeness (QED) is 0.822. The summed E-state index contributed by atoms with van der Waals surface area (Å²) in [6.07, 6.45) is 10.4.